The monoisotopic (exact) mass is 506 g/mol. The number of benzene rings is 1. The lowest BCUT2D eigenvalue weighted by molar-refractivity contribution is -0.138. The first-order chi connectivity index (χ1) is 16.6. The molecule has 7 nitrogen and oxygen atoms in total. The molecule has 2 saturated heterocycles. The zero-order chi connectivity index (χ0) is 24.9. The molecule has 1 amide bonds. The van der Waals surface area contributed by atoms with E-state index in [1.54, 1.807) is 4.52 Å². The number of nitrogens with zero attached hydrogens (tertiary/aromatic N) is 5. The summed E-state index contributed by atoms with van der Waals surface area (Å²) in [6, 6.07) is 4.58. The third kappa shape index (κ3) is 4.56. The molecule has 35 heavy (non-hydrogen) atoms. The fourth-order valence-electron chi connectivity index (χ4n) is 5.06. The van der Waals surface area contributed by atoms with E-state index in [4.69, 9.17) is 22.3 Å². The van der Waals surface area contributed by atoms with Crippen LogP contribution in [0.1, 0.15) is 58.9 Å². The Morgan fingerprint density at radius 2 is 1.97 bits per heavy atom. The summed E-state index contributed by atoms with van der Waals surface area (Å²) >= 11 is 5.98. The maximum absolute atomic E-state index is 13.6. The van der Waals surface area contributed by atoms with Gasteiger partial charge in [0.1, 0.15) is 5.82 Å². The molecule has 2 atom stereocenters. The van der Waals surface area contributed by atoms with Crippen LogP contribution >= 0.6 is 11.6 Å². The number of alkyl halides is 3. The molecule has 0 bridgehead atoms. The van der Waals surface area contributed by atoms with Crippen molar-refractivity contribution in [3.8, 4) is 0 Å². The van der Waals surface area contributed by atoms with Crippen molar-refractivity contribution < 1.29 is 18.0 Å². The van der Waals surface area contributed by atoms with Gasteiger partial charge in [-0.2, -0.15) is 18.3 Å². The Hall–Kier alpha value is -2.85. The van der Waals surface area contributed by atoms with E-state index in [1.165, 1.54) is 4.90 Å². The Balaban J connectivity index is 1.50. The molecule has 2 aliphatic heterocycles. The number of rotatable bonds is 3. The zero-order valence-corrected chi connectivity index (χ0v) is 20.0. The summed E-state index contributed by atoms with van der Waals surface area (Å²) in [6.07, 6.45) is 0.268. The third-order valence-corrected chi connectivity index (χ3v) is 7.01. The predicted molar refractivity (Wildman–Crippen MR) is 127 cm³/mol. The molecular formula is C24H26ClF3N6O. The number of anilines is 1. The smallest absolute Gasteiger partial charge is 0.355 e. The van der Waals surface area contributed by atoms with Crippen LogP contribution in [0.2, 0.25) is 5.02 Å². The lowest BCUT2D eigenvalue weighted by atomic mass is 9.97. The summed E-state index contributed by atoms with van der Waals surface area (Å²) in [6.45, 7) is 3.86. The van der Waals surface area contributed by atoms with Crippen LogP contribution in [0.25, 0.3) is 5.65 Å². The topological polar surface area (TPSA) is 79.8 Å². The summed E-state index contributed by atoms with van der Waals surface area (Å²) in [5.74, 6) is 0.152. The average Bonchev–Trinajstić information content (AvgIpc) is 3.42. The molecule has 0 spiro atoms. The van der Waals surface area contributed by atoms with Crippen molar-refractivity contribution in [1.29, 1.82) is 0 Å². The number of nitrogens with two attached hydrogens (primary N) is 1. The van der Waals surface area contributed by atoms with Crippen molar-refractivity contribution in [1.82, 2.24) is 19.5 Å². The van der Waals surface area contributed by atoms with Gasteiger partial charge in [-0.25, -0.2) is 9.50 Å². The Bertz CT molecular complexity index is 1280. The molecule has 0 saturated carbocycles. The minimum absolute atomic E-state index is 0.0801. The quantitative estimate of drug-likeness (QED) is 0.561. The summed E-state index contributed by atoms with van der Waals surface area (Å²) in [7, 11) is 0. The van der Waals surface area contributed by atoms with Crippen LogP contribution in [0.15, 0.2) is 30.5 Å². The van der Waals surface area contributed by atoms with Crippen LogP contribution in [0.3, 0.4) is 0 Å². The molecule has 1 unspecified atom stereocenters. The van der Waals surface area contributed by atoms with Crippen molar-refractivity contribution in [3.63, 3.8) is 0 Å². The summed E-state index contributed by atoms with van der Waals surface area (Å²) < 4.78 is 42.6. The van der Waals surface area contributed by atoms with Gasteiger partial charge >= 0.3 is 6.18 Å². The molecule has 0 radical (unpaired) electrons. The Kier molecular flexibility index (Phi) is 6.13. The number of aromatic nitrogens is 3. The van der Waals surface area contributed by atoms with Gasteiger partial charge in [-0.05, 0) is 50.8 Å². The highest BCUT2D eigenvalue weighted by Crippen LogP contribution is 2.37. The number of hydrogen-bond acceptors (Lipinski definition) is 5. The Labute approximate surface area is 205 Å². The summed E-state index contributed by atoms with van der Waals surface area (Å²) in [5.41, 5.74) is 6.81. The van der Waals surface area contributed by atoms with Gasteiger partial charge in [0.2, 0.25) is 0 Å². The molecule has 1 aromatic carbocycles. The summed E-state index contributed by atoms with van der Waals surface area (Å²) in [5, 5.41) is 4.74. The molecule has 186 valence electrons. The van der Waals surface area contributed by atoms with E-state index < -0.39 is 29.3 Å². The summed E-state index contributed by atoms with van der Waals surface area (Å²) in [4.78, 5) is 21.9. The van der Waals surface area contributed by atoms with E-state index in [0.717, 1.165) is 55.5 Å². The lowest BCUT2D eigenvalue weighted by Crippen LogP contribution is -2.39. The van der Waals surface area contributed by atoms with Crippen molar-refractivity contribution >= 4 is 29.0 Å². The number of hydrogen-bond donors (Lipinski definition) is 1. The van der Waals surface area contributed by atoms with Gasteiger partial charge in [0.05, 0.1) is 22.9 Å². The largest absolute Gasteiger partial charge is 0.417 e. The molecule has 2 aromatic heterocycles. The fraction of sp³-hybridized carbons (Fsp3) is 0.458. The maximum Gasteiger partial charge on any atom is 0.417 e. The first-order valence-electron chi connectivity index (χ1n) is 11.7. The van der Waals surface area contributed by atoms with E-state index in [9.17, 15) is 18.0 Å². The lowest BCUT2D eigenvalue weighted by Gasteiger charge is -2.35. The number of halogens is 4. The number of carbonyl (C=O) groups is 1. The Morgan fingerprint density at radius 1 is 1.17 bits per heavy atom. The average molecular weight is 507 g/mol. The van der Waals surface area contributed by atoms with Gasteiger partial charge in [-0.1, -0.05) is 11.6 Å². The maximum atomic E-state index is 13.6. The van der Waals surface area contributed by atoms with Gasteiger partial charge in [0.15, 0.2) is 5.65 Å². The van der Waals surface area contributed by atoms with E-state index in [2.05, 4.69) is 10.00 Å². The van der Waals surface area contributed by atoms with E-state index >= 15 is 0 Å². The fourth-order valence-corrected chi connectivity index (χ4v) is 5.23. The van der Waals surface area contributed by atoms with Gasteiger partial charge in [-0.3, -0.25) is 4.79 Å². The molecular weight excluding hydrogens is 481 g/mol. The highest BCUT2D eigenvalue weighted by atomic mass is 35.5. The van der Waals surface area contributed by atoms with Crippen LogP contribution in [0, 0.1) is 6.92 Å². The number of likely N-dealkylation sites (tertiary alicyclic amines) is 1. The number of carbonyl (C=O) groups excluding carboxylic acids is 1. The minimum Gasteiger partial charge on any atom is -0.355 e. The third-order valence-electron chi connectivity index (χ3n) is 6.77. The molecule has 2 fully saturated rings. The molecule has 2 aliphatic rings. The van der Waals surface area contributed by atoms with E-state index in [-0.39, 0.29) is 11.1 Å². The molecule has 4 heterocycles. The molecule has 2 N–H and O–H groups in total. The number of fused-ring (bicyclic) bond motifs is 1. The molecule has 0 aliphatic carbocycles. The second-order valence-corrected chi connectivity index (χ2v) is 9.75. The van der Waals surface area contributed by atoms with Crippen molar-refractivity contribution in [2.45, 2.75) is 50.9 Å². The first kappa shape index (κ1) is 23.9. The molecule has 11 heteroatoms. The number of amides is 1. The molecule has 3 aromatic rings. The van der Waals surface area contributed by atoms with Crippen LogP contribution in [0.4, 0.5) is 19.0 Å². The van der Waals surface area contributed by atoms with Crippen molar-refractivity contribution in [2.75, 3.05) is 24.5 Å². The van der Waals surface area contributed by atoms with Crippen LogP contribution in [-0.4, -0.2) is 51.1 Å². The van der Waals surface area contributed by atoms with Gasteiger partial charge < -0.3 is 15.5 Å². The first-order valence-corrected chi connectivity index (χ1v) is 12.0. The van der Waals surface area contributed by atoms with Crippen LogP contribution in [-0.2, 0) is 6.18 Å². The van der Waals surface area contributed by atoms with Crippen LogP contribution < -0.4 is 10.6 Å². The van der Waals surface area contributed by atoms with Gasteiger partial charge in [0.25, 0.3) is 5.91 Å². The zero-order valence-electron chi connectivity index (χ0n) is 19.2. The Morgan fingerprint density at radius 3 is 2.69 bits per heavy atom. The SMILES string of the molecule is Cc1cn2nc([C@@H]3CCCCN3C(=O)c3cc(Cl)ccc3C(F)(F)F)cc2nc1N1CCC(N)C1. The second kappa shape index (κ2) is 8.98. The standard InChI is InChI=1S/C24H26ClF3N6O/c1-14-12-34-21(30-22(14)32-9-7-16(29)13-32)11-19(31-34)20-4-2-3-8-33(20)23(35)17-10-15(25)5-6-18(17)24(26,27)28/h5-6,10-12,16,20H,2-4,7-9,13,29H2,1H3/t16?,20-/m0/s1. The van der Waals surface area contributed by atoms with Crippen molar-refractivity contribution in [3.05, 3.63) is 57.9 Å². The van der Waals surface area contributed by atoms with E-state index in [0.29, 0.717) is 30.7 Å². The van der Waals surface area contributed by atoms with Crippen molar-refractivity contribution in [2.24, 2.45) is 5.73 Å². The minimum atomic E-state index is -4.67. The highest BCUT2D eigenvalue weighted by molar-refractivity contribution is 6.31. The molecule has 5 rings (SSSR count). The normalized spacial score (nSPS) is 21.2. The van der Waals surface area contributed by atoms with E-state index in [1.807, 2.05) is 19.2 Å². The predicted octanol–water partition coefficient (Wildman–Crippen LogP) is 4.61. The number of piperidine rings is 1. The highest BCUT2D eigenvalue weighted by Gasteiger charge is 2.39. The number of aryl methyl sites for hydroxylation is 1. The van der Waals surface area contributed by atoms with Crippen LogP contribution in [0.5, 0.6) is 0 Å². The second-order valence-electron chi connectivity index (χ2n) is 9.31. The van der Waals surface area contributed by atoms with Gasteiger partial charge in [-0.15, -0.1) is 0 Å². The van der Waals surface area contributed by atoms with Gasteiger partial charge in [0, 0.05) is 48.5 Å².